The van der Waals surface area contributed by atoms with Crippen molar-refractivity contribution in [3.05, 3.63) is 17.8 Å². The number of pyridine rings is 1. The van der Waals surface area contributed by atoms with Crippen LogP contribution in [-0.2, 0) is 4.74 Å². The van der Waals surface area contributed by atoms with Gasteiger partial charge in [0.25, 0.3) is 0 Å². The van der Waals surface area contributed by atoms with Crippen LogP contribution >= 0.6 is 0 Å². The van der Waals surface area contributed by atoms with E-state index in [0.717, 1.165) is 49.6 Å². The van der Waals surface area contributed by atoms with E-state index in [0.29, 0.717) is 6.10 Å². The Morgan fingerprint density at radius 2 is 2.18 bits per heavy atom. The van der Waals surface area contributed by atoms with E-state index in [1.54, 1.807) is 0 Å². The van der Waals surface area contributed by atoms with E-state index in [-0.39, 0.29) is 0 Å². The lowest BCUT2D eigenvalue weighted by Gasteiger charge is -2.33. The molecule has 4 heteroatoms. The number of nitrogens with zero attached hydrogens (tertiary/aromatic N) is 2. The largest absolute Gasteiger partial charge is 0.396 e. The van der Waals surface area contributed by atoms with Gasteiger partial charge in [-0.2, -0.15) is 0 Å². The van der Waals surface area contributed by atoms with Crippen LogP contribution in [0.15, 0.2) is 12.3 Å². The average molecular weight is 235 g/mol. The number of nitrogens with two attached hydrogens (primary N) is 1. The smallest absolute Gasteiger partial charge is 0.151 e. The normalized spacial score (nSPS) is 17.4. The second-order valence-electron chi connectivity index (χ2n) is 4.57. The molecule has 2 heterocycles. The van der Waals surface area contributed by atoms with Gasteiger partial charge in [0, 0.05) is 25.9 Å². The average Bonchev–Trinajstić information content (AvgIpc) is 2.31. The fraction of sp³-hybridized carbons (Fsp3) is 0.615. The first-order valence-electron chi connectivity index (χ1n) is 6.29. The zero-order valence-electron chi connectivity index (χ0n) is 10.6. The zero-order valence-corrected chi connectivity index (χ0v) is 10.6. The third kappa shape index (κ3) is 2.88. The Kier molecular flexibility index (Phi) is 3.84. The van der Waals surface area contributed by atoms with Crippen LogP contribution in [0.2, 0.25) is 0 Å². The molecule has 0 radical (unpaired) electrons. The summed E-state index contributed by atoms with van der Waals surface area (Å²) in [5, 5.41) is 0. The number of aromatic nitrogens is 1. The molecule has 4 nitrogen and oxygen atoms in total. The Morgan fingerprint density at radius 1 is 1.47 bits per heavy atom. The summed E-state index contributed by atoms with van der Waals surface area (Å²) in [6.07, 6.45) is 4.40. The molecule has 94 valence electrons. The first-order valence-corrected chi connectivity index (χ1v) is 6.29. The summed E-state index contributed by atoms with van der Waals surface area (Å²) in [4.78, 5) is 6.69. The van der Waals surface area contributed by atoms with Crippen LogP contribution in [0.5, 0.6) is 0 Å². The molecule has 0 saturated carbocycles. The molecule has 2 N–H and O–H groups in total. The molecule has 2 rings (SSSR count). The van der Waals surface area contributed by atoms with Crippen LogP contribution in [-0.4, -0.2) is 30.8 Å². The summed E-state index contributed by atoms with van der Waals surface area (Å²) in [7, 11) is 0. The highest BCUT2D eigenvalue weighted by Crippen LogP contribution is 2.25. The lowest BCUT2D eigenvalue weighted by molar-refractivity contribution is 0.0458. The van der Waals surface area contributed by atoms with Crippen LogP contribution in [0.25, 0.3) is 0 Å². The van der Waals surface area contributed by atoms with Gasteiger partial charge < -0.3 is 15.4 Å². The molecule has 1 aromatic rings. The predicted octanol–water partition coefficient (Wildman–Crippen LogP) is 1.98. The Hall–Kier alpha value is -1.29. The molecular weight excluding hydrogens is 214 g/mol. The minimum atomic E-state index is 0.405. The van der Waals surface area contributed by atoms with Gasteiger partial charge in [0.05, 0.1) is 11.8 Å². The Morgan fingerprint density at radius 3 is 2.76 bits per heavy atom. The van der Waals surface area contributed by atoms with Crippen molar-refractivity contribution in [3.8, 4) is 0 Å². The van der Waals surface area contributed by atoms with Gasteiger partial charge in [-0.25, -0.2) is 4.98 Å². The molecule has 0 atom stereocenters. The number of anilines is 2. The molecule has 0 unspecified atom stereocenters. The van der Waals surface area contributed by atoms with Gasteiger partial charge in [0.2, 0.25) is 0 Å². The molecular formula is C13H21N3O. The lowest BCUT2D eigenvalue weighted by Crippen LogP contribution is -2.37. The van der Waals surface area contributed by atoms with Crippen molar-refractivity contribution < 1.29 is 4.74 Å². The molecule has 1 fully saturated rings. The number of piperidine rings is 1. The summed E-state index contributed by atoms with van der Waals surface area (Å²) in [6, 6.07) is 1.98. The van der Waals surface area contributed by atoms with Crippen molar-refractivity contribution in [1.29, 1.82) is 0 Å². The van der Waals surface area contributed by atoms with Gasteiger partial charge >= 0.3 is 0 Å². The molecule has 0 aromatic carbocycles. The maximum absolute atomic E-state index is 6.01. The molecule has 1 aliphatic rings. The molecule has 0 aliphatic carbocycles. The lowest BCUT2D eigenvalue weighted by atomic mass is 10.1. The fourth-order valence-corrected chi connectivity index (χ4v) is 2.32. The number of ether oxygens (including phenoxy) is 1. The van der Waals surface area contributed by atoms with E-state index in [1.807, 2.05) is 26.1 Å². The van der Waals surface area contributed by atoms with Gasteiger partial charge in [0.15, 0.2) is 5.82 Å². The molecule has 1 aliphatic heterocycles. The van der Waals surface area contributed by atoms with Crippen molar-refractivity contribution in [2.75, 3.05) is 30.3 Å². The molecule has 1 saturated heterocycles. The second-order valence-corrected chi connectivity index (χ2v) is 4.57. The van der Waals surface area contributed by atoms with E-state index in [4.69, 9.17) is 10.5 Å². The standard InChI is InChI=1S/C13H21N3O/c1-3-17-11-4-6-16(7-5-11)13-12(14)8-10(2)9-15-13/h8-9,11H,3-7,14H2,1-2H3. The maximum Gasteiger partial charge on any atom is 0.151 e. The first-order chi connectivity index (χ1) is 8.20. The molecule has 17 heavy (non-hydrogen) atoms. The summed E-state index contributed by atoms with van der Waals surface area (Å²) in [5.74, 6) is 0.922. The van der Waals surface area contributed by atoms with Crippen molar-refractivity contribution in [1.82, 2.24) is 4.98 Å². The van der Waals surface area contributed by atoms with Gasteiger partial charge in [0.1, 0.15) is 0 Å². The van der Waals surface area contributed by atoms with Crippen LogP contribution in [0, 0.1) is 6.92 Å². The van der Waals surface area contributed by atoms with Crippen molar-refractivity contribution in [2.24, 2.45) is 0 Å². The van der Waals surface area contributed by atoms with Crippen molar-refractivity contribution in [2.45, 2.75) is 32.8 Å². The van der Waals surface area contributed by atoms with E-state index >= 15 is 0 Å². The zero-order chi connectivity index (χ0) is 12.3. The topological polar surface area (TPSA) is 51.4 Å². The Balaban J connectivity index is 2.00. The predicted molar refractivity (Wildman–Crippen MR) is 70.2 cm³/mol. The molecule has 0 spiro atoms. The quantitative estimate of drug-likeness (QED) is 0.870. The number of hydrogen-bond donors (Lipinski definition) is 1. The molecule has 1 aromatic heterocycles. The Labute approximate surface area is 103 Å². The monoisotopic (exact) mass is 235 g/mol. The van der Waals surface area contributed by atoms with Crippen molar-refractivity contribution in [3.63, 3.8) is 0 Å². The second kappa shape index (κ2) is 5.36. The highest BCUT2D eigenvalue weighted by atomic mass is 16.5. The van der Waals surface area contributed by atoms with Gasteiger partial charge in [-0.3, -0.25) is 0 Å². The summed E-state index contributed by atoms with van der Waals surface area (Å²) < 4.78 is 5.64. The fourth-order valence-electron chi connectivity index (χ4n) is 2.32. The van der Waals surface area contributed by atoms with E-state index in [2.05, 4.69) is 9.88 Å². The SMILES string of the molecule is CCOC1CCN(c2ncc(C)cc2N)CC1. The van der Waals surface area contributed by atoms with Crippen molar-refractivity contribution >= 4 is 11.5 Å². The molecule has 0 bridgehead atoms. The van der Waals surface area contributed by atoms with Gasteiger partial charge in [-0.1, -0.05) is 0 Å². The van der Waals surface area contributed by atoms with Gasteiger partial charge in [-0.05, 0) is 38.3 Å². The Bertz CT molecular complexity index is 373. The number of nitrogen functional groups attached to an aromatic ring is 1. The minimum Gasteiger partial charge on any atom is -0.396 e. The van der Waals surface area contributed by atoms with Crippen LogP contribution < -0.4 is 10.6 Å². The highest BCUT2D eigenvalue weighted by molar-refractivity contribution is 5.63. The minimum absolute atomic E-state index is 0.405. The first kappa shape index (κ1) is 12.2. The number of rotatable bonds is 3. The molecule has 0 amide bonds. The van der Waals surface area contributed by atoms with Crippen LogP contribution in [0.4, 0.5) is 11.5 Å². The summed E-state index contributed by atoms with van der Waals surface area (Å²) in [5.41, 5.74) is 7.89. The summed E-state index contributed by atoms with van der Waals surface area (Å²) in [6.45, 7) is 6.81. The van der Waals surface area contributed by atoms with Gasteiger partial charge in [-0.15, -0.1) is 0 Å². The highest BCUT2D eigenvalue weighted by Gasteiger charge is 2.21. The summed E-state index contributed by atoms with van der Waals surface area (Å²) >= 11 is 0. The number of aryl methyl sites for hydroxylation is 1. The third-order valence-corrected chi connectivity index (χ3v) is 3.18. The van der Waals surface area contributed by atoms with E-state index in [9.17, 15) is 0 Å². The maximum atomic E-state index is 6.01. The van der Waals surface area contributed by atoms with E-state index in [1.165, 1.54) is 0 Å². The third-order valence-electron chi connectivity index (χ3n) is 3.18. The van der Waals surface area contributed by atoms with Crippen LogP contribution in [0.1, 0.15) is 25.3 Å². The number of hydrogen-bond acceptors (Lipinski definition) is 4. The van der Waals surface area contributed by atoms with E-state index < -0.39 is 0 Å². The van der Waals surface area contributed by atoms with Crippen LogP contribution in [0.3, 0.4) is 0 Å².